The zero-order chi connectivity index (χ0) is 17.7. The number of carbonyl (C=O) groups is 2. The lowest BCUT2D eigenvalue weighted by Gasteiger charge is -2.63. The molecule has 2 saturated heterocycles. The van der Waals surface area contributed by atoms with Crippen LogP contribution in [-0.2, 0) is 19.7 Å². The Hall–Kier alpha value is -1.88. The first-order valence-corrected chi connectivity index (χ1v) is 9.82. The Morgan fingerprint density at radius 2 is 2.12 bits per heavy atom. The van der Waals surface area contributed by atoms with E-state index in [1.54, 1.807) is 0 Å². The van der Waals surface area contributed by atoms with Crippen molar-refractivity contribution in [3.05, 3.63) is 29.8 Å². The Kier molecular flexibility index (Phi) is 2.63. The lowest BCUT2D eigenvalue weighted by molar-refractivity contribution is -0.163. The quantitative estimate of drug-likeness (QED) is 0.785. The highest BCUT2D eigenvalue weighted by molar-refractivity contribution is 5.98. The van der Waals surface area contributed by atoms with E-state index in [0.717, 1.165) is 44.5 Å². The number of hydrogen-bond donors (Lipinski definition) is 1. The van der Waals surface area contributed by atoms with Gasteiger partial charge >= 0.3 is 5.97 Å². The molecule has 26 heavy (non-hydrogen) atoms. The van der Waals surface area contributed by atoms with Gasteiger partial charge in [0.15, 0.2) is 0 Å². The van der Waals surface area contributed by atoms with Crippen molar-refractivity contribution in [3.63, 3.8) is 0 Å². The number of esters is 1. The van der Waals surface area contributed by atoms with Gasteiger partial charge in [0.25, 0.3) is 0 Å². The maximum Gasteiger partial charge on any atom is 0.332 e. The number of Topliss-reactive ketones (excluding diaryl/α,β-unsaturated/α-hetero) is 1. The molecule has 0 radical (unpaired) electrons. The number of para-hydroxylation sites is 1. The second kappa shape index (κ2) is 4.50. The van der Waals surface area contributed by atoms with E-state index in [1.165, 1.54) is 12.7 Å². The smallest absolute Gasteiger partial charge is 0.332 e. The number of nitrogens with one attached hydrogen (secondary N) is 1. The maximum absolute atomic E-state index is 13.4. The summed E-state index contributed by atoms with van der Waals surface area (Å²) >= 11 is 0. The van der Waals surface area contributed by atoms with E-state index in [1.807, 2.05) is 12.1 Å². The summed E-state index contributed by atoms with van der Waals surface area (Å²) in [5.74, 6) is 0.0424. The van der Waals surface area contributed by atoms with E-state index < -0.39 is 11.0 Å². The van der Waals surface area contributed by atoms with Gasteiger partial charge in [-0.25, -0.2) is 4.79 Å². The highest BCUT2D eigenvalue weighted by Gasteiger charge is 2.81. The van der Waals surface area contributed by atoms with Crippen molar-refractivity contribution in [2.75, 3.05) is 25.5 Å². The first kappa shape index (κ1) is 15.2. The van der Waals surface area contributed by atoms with Crippen LogP contribution in [0.15, 0.2) is 24.3 Å². The molecule has 0 unspecified atom stereocenters. The first-order chi connectivity index (χ1) is 12.6. The fourth-order valence-corrected chi connectivity index (χ4v) is 7.77. The molecule has 5 nitrogen and oxygen atoms in total. The number of methoxy groups -OCH3 is 1. The lowest BCUT2D eigenvalue weighted by Crippen LogP contribution is -2.75. The van der Waals surface area contributed by atoms with E-state index in [4.69, 9.17) is 4.74 Å². The third-order valence-corrected chi connectivity index (χ3v) is 8.34. The third kappa shape index (κ3) is 1.33. The Bertz CT molecular complexity index is 853. The topological polar surface area (TPSA) is 58.6 Å². The summed E-state index contributed by atoms with van der Waals surface area (Å²) in [5, 5.41) is 3.60. The molecule has 3 aliphatic heterocycles. The number of ketones is 1. The summed E-state index contributed by atoms with van der Waals surface area (Å²) in [5.41, 5.74) is 0.915. The largest absolute Gasteiger partial charge is 0.467 e. The third-order valence-electron chi connectivity index (χ3n) is 8.34. The SMILES string of the molecule is COC(=O)[C@@]12CC[C@]34CCCN5C[C@@H](C(=O)C3)[C@@]1(c1ccccc1N2)[C@@H]54. The van der Waals surface area contributed by atoms with Crippen molar-refractivity contribution in [3.8, 4) is 0 Å². The molecule has 136 valence electrons. The van der Waals surface area contributed by atoms with Crippen molar-refractivity contribution >= 4 is 17.4 Å². The molecule has 1 aromatic carbocycles. The van der Waals surface area contributed by atoms with Crippen LogP contribution in [0.4, 0.5) is 5.69 Å². The molecule has 0 aromatic heterocycles. The minimum Gasteiger partial charge on any atom is -0.467 e. The molecule has 5 aliphatic rings. The van der Waals surface area contributed by atoms with Crippen LogP contribution in [0, 0.1) is 11.3 Å². The molecule has 2 aliphatic carbocycles. The van der Waals surface area contributed by atoms with Gasteiger partial charge in [0.05, 0.1) is 12.5 Å². The van der Waals surface area contributed by atoms with Crippen LogP contribution in [0.5, 0.6) is 0 Å². The van der Waals surface area contributed by atoms with Gasteiger partial charge in [-0.15, -0.1) is 0 Å². The second-order valence-electron chi connectivity index (χ2n) is 9.00. The van der Waals surface area contributed by atoms with Gasteiger partial charge in [-0.2, -0.15) is 0 Å². The Balaban J connectivity index is 1.71. The molecule has 1 aromatic rings. The van der Waals surface area contributed by atoms with E-state index in [0.29, 0.717) is 12.2 Å². The van der Waals surface area contributed by atoms with Gasteiger partial charge in [0, 0.05) is 30.6 Å². The summed E-state index contributed by atoms with van der Waals surface area (Å²) in [7, 11) is 1.48. The molecule has 5 atom stereocenters. The average molecular weight is 352 g/mol. The van der Waals surface area contributed by atoms with Crippen LogP contribution in [0.3, 0.4) is 0 Å². The molecule has 3 heterocycles. The van der Waals surface area contributed by atoms with Crippen molar-refractivity contribution in [1.29, 1.82) is 0 Å². The summed E-state index contributed by atoms with van der Waals surface area (Å²) in [4.78, 5) is 29.2. The van der Waals surface area contributed by atoms with E-state index in [2.05, 4.69) is 22.3 Å². The van der Waals surface area contributed by atoms with Crippen molar-refractivity contribution < 1.29 is 14.3 Å². The molecular weight excluding hydrogens is 328 g/mol. The Morgan fingerprint density at radius 3 is 2.96 bits per heavy atom. The minimum absolute atomic E-state index is 0.0268. The molecular formula is C21H24N2O3. The van der Waals surface area contributed by atoms with E-state index in [9.17, 15) is 9.59 Å². The maximum atomic E-state index is 13.4. The monoisotopic (exact) mass is 352 g/mol. The van der Waals surface area contributed by atoms with Crippen LogP contribution >= 0.6 is 0 Å². The van der Waals surface area contributed by atoms with Crippen LogP contribution < -0.4 is 5.32 Å². The van der Waals surface area contributed by atoms with Crippen LogP contribution in [0.1, 0.15) is 37.7 Å². The highest BCUT2D eigenvalue weighted by atomic mass is 16.5. The summed E-state index contributed by atoms with van der Waals surface area (Å²) in [6.07, 6.45) is 4.63. The second-order valence-corrected chi connectivity index (χ2v) is 9.00. The predicted octanol–water partition coefficient (Wildman–Crippen LogP) is 2.11. The fraction of sp³-hybridized carbons (Fsp3) is 0.619. The van der Waals surface area contributed by atoms with E-state index >= 15 is 0 Å². The number of rotatable bonds is 1. The fourth-order valence-electron chi connectivity index (χ4n) is 7.77. The molecule has 5 heteroatoms. The normalized spacial score (nSPS) is 44.9. The Morgan fingerprint density at radius 1 is 1.27 bits per heavy atom. The number of nitrogens with zero attached hydrogens (tertiary/aromatic N) is 1. The molecule has 4 bridgehead atoms. The van der Waals surface area contributed by atoms with E-state index in [-0.39, 0.29) is 23.3 Å². The standard InChI is InChI=1S/C21H24N2O3/c1-26-18(25)20-9-8-19-7-4-10-23-12-14(16(24)11-19)21(20,17(19)23)13-5-2-3-6-15(13)22-20/h2-3,5-6,14,17,22H,4,7-12H2,1H3/t14-,17-,19+,20-,21-/m0/s1. The molecule has 1 spiro atoms. The van der Waals surface area contributed by atoms with Crippen molar-refractivity contribution in [2.24, 2.45) is 11.3 Å². The van der Waals surface area contributed by atoms with Crippen LogP contribution in [0.2, 0.25) is 0 Å². The van der Waals surface area contributed by atoms with Crippen LogP contribution in [-0.4, -0.2) is 48.4 Å². The van der Waals surface area contributed by atoms with Crippen LogP contribution in [0.25, 0.3) is 0 Å². The summed E-state index contributed by atoms with van der Waals surface area (Å²) in [6.45, 7) is 1.83. The minimum atomic E-state index is -0.813. The van der Waals surface area contributed by atoms with Gasteiger partial charge < -0.3 is 10.1 Å². The number of carbonyl (C=O) groups excluding carboxylic acids is 2. The molecule has 4 fully saturated rings. The van der Waals surface area contributed by atoms with Crippen molar-refractivity contribution in [1.82, 2.24) is 4.90 Å². The number of fused-ring (bicyclic) bond motifs is 1. The average Bonchev–Trinajstić information content (AvgIpc) is 3.14. The number of ether oxygens (including phenoxy) is 1. The lowest BCUT2D eigenvalue weighted by atomic mass is 9.41. The van der Waals surface area contributed by atoms with Gasteiger partial charge in [-0.3, -0.25) is 9.69 Å². The summed E-state index contributed by atoms with van der Waals surface area (Å²) in [6, 6.07) is 8.52. The molecule has 1 N–H and O–H groups in total. The van der Waals surface area contributed by atoms with Gasteiger partial charge in [0.2, 0.25) is 0 Å². The highest BCUT2D eigenvalue weighted by Crippen LogP contribution is 2.72. The van der Waals surface area contributed by atoms with Gasteiger partial charge in [-0.05, 0) is 49.3 Å². The zero-order valence-electron chi connectivity index (χ0n) is 15.1. The molecule has 0 amide bonds. The predicted molar refractivity (Wildman–Crippen MR) is 95.9 cm³/mol. The Labute approximate surface area is 153 Å². The number of benzene rings is 1. The zero-order valence-corrected chi connectivity index (χ0v) is 15.1. The number of anilines is 1. The van der Waals surface area contributed by atoms with Gasteiger partial charge in [-0.1, -0.05) is 18.2 Å². The number of piperidine rings is 1. The van der Waals surface area contributed by atoms with Crippen molar-refractivity contribution in [2.45, 2.75) is 49.1 Å². The van der Waals surface area contributed by atoms with Gasteiger partial charge in [0.1, 0.15) is 11.3 Å². The number of hydrogen-bond acceptors (Lipinski definition) is 5. The first-order valence-electron chi connectivity index (χ1n) is 9.82. The summed E-state index contributed by atoms with van der Waals surface area (Å²) < 4.78 is 5.36. The molecule has 6 rings (SSSR count). The molecule has 2 saturated carbocycles.